The second-order valence-electron chi connectivity index (χ2n) is 3.48. The summed E-state index contributed by atoms with van der Waals surface area (Å²) in [5, 5.41) is 3.38. The van der Waals surface area contributed by atoms with Gasteiger partial charge < -0.3 is 10.1 Å². The summed E-state index contributed by atoms with van der Waals surface area (Å²) >= 11 is 0. The first-order valence-corrected chi connectivity index (χ1v) is 5.16. The summed E-state index contributed by atoms with van der Waals surface area (Å²) in [6, 6.07) is 6.18. The minimum absolute atomic E-state index is 0.923. The molecule has 1 rings (SSSR count). The van der Waals surface area contributed by atoms with Crippen LogP contribution in [0, 0.1) is 6.92 Å². The van der Waals surface area contributed by atoms with Gasteiger partial charge in [0.2, 0.25) is 0 Å². The summed E-state index contributed by atoms with van der Waals surface area (Å²) in [6.45, 7) is 5.29. The molecule has 0 aliphatic rings. The minimum Gasteiger partial charge on any atom is -0.495 e. The van der Waals surface area contributed by atoms with Crippen LogP contribution in [0.3, 0.4) is 0 Å². The van der Waals surface area contributed by atoms with Crippen molar-refractivity contribution in [2.45, 2.75) is 26.7 Å². The zero-order valence-corrected chi connectivity index (χ0v) is 9.26. The molecule has 78 valence electrons. The van der Waals surface area contributed by atoms with Crippen LogP contribution in [0.2, 0.25) is 0 Å². The number of unbranched alkanes of at least 4 members (excludes halogenated alkanes) is 1. The number of rotatable bonds is 5. The molecular weight excluding hydrogens is 174 g/mol. The van der Waals surface area contributed by atoms with E-state index in [2.05, 4.69) is 31.3 Å². The van der Waals surface area contributed by atoms with Crippen LogP contribution >= 0.6 is 0 Å². The highest BCUT2D eigenvalue weighted by atomic mass is 16.5. The van der Waals surface area contributed by atoms with Gasteiger partial charge in [0.15, 0.2) is 0 Å². The Kier molecular flexibility index (Phi) is 4.30. The van der Waals surface area contributed by atoms with Gasteiger partial charge in [0.1, 0.15) is 5.75 Å². The van der Waals surface area contributed by atoms with Crippen LogP contribution in [0.4, 0.5) is 5.69 Å². The number of methoxy groups -OCH3 is 1. The van der Waals surface area contributed by atoms with E-state index in [4.69, 9.17) is 4.74 Å². The van der Waals surface area contributed by atoms with E-state index in [1.54, 1.807) is 7.11 Å². The Morgan fingerprint density at radius 2 is 2.14 bits per heavy atom. The summed E-state index contributed by atoms with van der Waals surface area (Å²) in [5.74, 6) is 0.923. The van der Waals surface area contributed by atoms with Crippen LogP contribution in [0.5, 0.6) is 5.75 Å². The Bertz CT molecular complexity index is 284. The highest BCUT2D eigenvalue weighted by Crippen LogP contribution is 2.24. The van der Waals surface area contributed by atoms with E-state index >= 15 is 0 Å². The molecule has 0 radical (unpaired) electrons. The first-order chi connectivity index (χ1) is 6.77. The Hall–Kier alpha value is -1.18. The number of anilines is 1. The maximum absolute atomic E-state index is 5.27. The molecule has 14 heavy (non-hydrogen) atoms. The second kappa shape index (κ2) is 5.53. The van der Waals surface area contributed by atoms with Crippen LogP contribution in [0.1, 0.15) is 25.3 Å². The fourth-order valence-corrected chi connectivity index (χ4v) is 1.36. The highest BCUT2D eigenvalue weighted by Gasteiger charge is 2.01. The number of hydrogen-bond donors (Lipinski definition) is 1. The molecule has 0 fully saturated rings. The Morgan fingerprint density at radius 3 is 2.79 bits per heavy atom. The molecule has 2 nitrogen and oxygen atoms in total. The Labute approximate surface area is 86.3 Å². The van der Waals surface area contributed by atoms with E-state index in [9.17, 15) is 0 Å². The summed E-state index contributed by atoms with van der Waals surface area (Å²) in [5.41, 5.74) is 2.35. The molecule has 0 atom stereocenters. The van der Waals surface area contributed by atoms with Crippen molar-refractivity contribution in [2.75, 3.05) is 19.0 Å². The first kappa shape index (κ1) is 10.9. The van der Waals surface area contributed by atoms with Gasteiger partial charge in [-0.2, -0.15) is 0 Å². The standard InChI is InChI=1S/C12H19NO/c1-4-5-8-13-11-9-10(2)6-7-12(11)14-3/h6-7,9,13H,4-5,8H2,1-3H3. The Morgan fingerprint density at radius 1 is 1.36 bits per heavy atom. The molecule has 0 bridgehead atoms. The van der Waals surface area contributed by atoms with Crippen LogP contribution in [0.25, 0.3) is 0 Å². The lowest BCUT2D eigenvalue weighted by molar-refractivity contribution is 0.416. The molecule has 1 N–H and O–H groups in total. The fourth-order valence-electron chi connectivity index (χ4n) is 1.36. The topological polar surface area (TPSA) is 21.3 Å². The summed E-state index contributed by atoms with van der Waals surface area (Å²) in [4.78, 5) is 0. The van der Waals surface area contributed by atoms with Crippen LogP contribution in [0.15, 0.2) is 18.2 Å². The largest absolute Gasteiger partial charge is 0.495 e. The molecule has 0 heterocycles. The van der Waals surface area contributed by atoms with Crippen molar-refractivity contribution in [1.82, 2.24) is 0 Å². The summed E-state index contributed by atoms with van der Waals surface area (Å²) in [6.07, 6.45) is 2.40. The smallest absolute Gasteiger partial charge is 0.141 e. The van der Waals surface area contributed by atoms with Gasteiger partial charge in [0.05, 0.1) is 12.8 Å². The molecule has 2 heteroatoms. The number of nitrogens with one attached hydrogen (secondary N) is 1. The summed E-state index contributed by atoms with van der Waals surface area (Å²) in [7, 11) is 1.70. The molecular formula is C12H19NO. The molecule has 0 saturated carbocycles. The third-order valence-electron chi connectivity index (χ3n) is 2.20. The lowest BCUT2D eigenvalue weighted by Crippen LogP contribution is -2.02. The van der Waals surface area contributed by atoms with E-state index in [1.807, 2.05) is 6.07 Å². The maximum atomic E-state index is 5.27. The van der Waals surface area contributed by atoms with Crippen molar-refractivity contribution >= 4 is 5.69 Å². The molecule has 0 aliphatic heterocycles. The molecule has 0 amide bonds. The summed E-state index contributed by atoms with van der Waals surface area (Å²) < 4.78 is 5.27. The first-order valence-electron chi connectivity index (χ1n) is 5.16. The van der Waals surface area contributed by atoms with Gasteiger partial charge >= 0.3 is 0 Å². The number of hydrogen-bond acceptors (Lipinski definition) is 2. The molecule has 1 aromatic carbocycles. The number of aryl methyl sites for hydroxylation is 1. The van der Waals surface area contributed by atoms with Crippen molar-refractivity contribution in [2.24, 2.45) is 0 Å². The molecule has 0 aromatic heterocycles. The zero-order chi connectivity index (χ0) is 10.4. The van der Waals surface area contributed by atoms with E-state index < -0.39 is 0 Å². The van der Waals surface area contributed by atoms with E-state index in [0.717, 1.165) is 18.0 Å². The predicted molar refractivity (Wildman–Crippen MR) is 61.1 cm³/mol. The van der Waals surface area contributed by atoms with E-state index in [-0.39, 0.29) is 0 Å². The lowest BCUT2D eigenvalue weighted by Gasteiger charge is -2.11. The van der Waals surface area contributed by atoms with Gasteiger partial charge in [-0.15, -0.1) is 0 Å². The average molecular weight is 193 g/mol. The zero-order valence-electron chi connectivity index (χ0n) is 9.26. The average Bonchev–Trinajstić information content (AvgIpc) is 2.19. The van der Waals surface area contributed by atoms with Crippen molar-refractivity contribution < 1.29 is 4.74 Å². The van der Waals surface area contributed by atoms with Gasteiger partial charge in [-0.25, -0.2) is 0 Å². The van der Waals surface area contributed by atoms with E-state index in [0.29, 0.717) is 0 Å². The maximum Gasteiger partial charge on any atom is 0.141 e. The van der Waals surface area contributed by atoms with Crippen molar-refractivity contribution in [1.29, 1.82) is 0 Å². The van der Waals surface area contributed by atoms with Crippen LogP contribution < -0.4 is 10.1 Å². The second-order valence-corrected chi connectivity index (χ2v) is 3.48. The predicted octanol–water partition coefficient (Wildman–Crippen LogP) is 3.22. The van der Waals surface area contributed by atoms with Gasteiger partial charge in [0, 0.05) is 6.54 Å². The number of ether oxygens (including phenoxy) is 1. The number of benzene rings is 1. The Balaban J connectivity index is 2.67. The van der Waals surface area contributed by atoms with Gasteiger partial charge in [-0.3, -0.25) is 0 Å². The monoisotopic (exact) mass is 193 g/mol. The minimum atomic E-state index is 0.923. The SMILES string of the molecule is CCCCNc1cc(C)ccc1OC. The quantitative estimate of drug-likeness (QED) is 0.725. The van der Waals surface area contributed by atoms with Crippen LogP contribution in [-0.4, -0.2) is 13.7 Å². The van der Waals surface area contributed by atoms with Crippen molar-refractivity contribution in [3.63, 3.8) is 0 Å². The third-order valence-corrected chi connectivity index (χ3v) is 2.20. The van der Waals surface area contributed by atoms with Crippen LogP contribution in [-0.2, 0) is 0 Å². The normalized spacial score (nSPS) is 9.93. The van der Waals surface area contributed by atoms with Gasteiger partial charge in [0.25, 0.3) is 0 Å². The van der Waals surface area contributed by atoms with E-state index in [1.165, 1.54) is 18.4 Å². The van der Waals surface area contributed by atoms with Gasteiger partial charge in [-0.05, 0) is 31.0 Å². The lowest BCUT2D eigenvalue weighted by atomic mass is 10.2. The highest BCUT2D eigenvalue weighted by molar-refractivity contribution is 5.57. The fraction of sp³-hybridized carbons (Fsp3) is 0.500. The third kappa shape index (κ3) is 2.95. The molecule has 0 unspecified atom stereocenters. The molecule has 0 saturated heterocycles. The van der Waals surface area contributed by atoms with Gasteiger partial charge in [-0.1, -0.05) is 19.4 Å². The molecule has 0 spiro atoms. The molecule has 0 aliphatic carbocycles. The molecule has 1 aromatic rings. The van der Waals surface area contributed by atoms with Crippen molar-refractivity contribution in [3.8, 4) is 5.75 Å². The van der Waals surface area contributed by atoms with Crippen molar-refractivity contribution in [3.05, 3.63) is 23.8 Å².